The molecule has 1 saturated heterocycles. The number of non-ortho nitro benzene ring substituents is 1. The van der Waals surface area contributed by atoms with E-state index in [1.807, 2.05) is 13.8 Å². The van der Waals surface area contributed by atoms with Crippen molar-refractivity contribution >= 4 is 22.7 Å². The van der Waals surface area contributed by atoms with Crippen molar-refractivity contribution in [1.82, 2.24) is 9.88 Å². The second-order valence-electron chi connectivity index (χ2n) is 6.07. The lowest BCUT2D eigenvalue weighted by Gasteiger charge is -2.34. The van der Waals surface area contributed by atoms with Crippen LogP contribution in [0.4, 0.5) is 10.5 Å². The van der Waals surface area contributed by atoms with E-state index in [0.29, 0.717) is 29.7 Å². The molecule has 3 rings (SSSR count). The first kappa shape index (κ1) is 17.9. The van der Waals surface area contributed by atoms with Gasteiger partial charge in [0.05, 0.1) is 35.6 Å². The third kappa shape index (κ3) is 3.83. The summed E-state index contributed by atoms with van der Waals surface area (Å²) in [6, 6.07) is 5.99. The number of benzene rings is 1. The van der Waals surface area contributed by atoms with Crippen LogP contribution in [0.5, 0.6) is 5.75 Å². The van der Waals surface area contributed by atoms with Gasteiger partial charge in [0, 0.05) is 12.3 Å². The van der Waals surface area contributed by atoms with Crippen LogP contribution in [0.15, 0.2) is 30.5 Å². The van der Waals surface area contributed by atoms with Crippen molar-refractivity contribution in [2.75, 3.05) is 19.9 Å². The molecule has 1 aliphatic heterocycles. The molecule has 1 fully saturated rings. The SMILES string of the molecule is C[C@@H]1CN(C(=O)OCOc2ccc([N+](=O)[O-])c3cccnc23)C[C@@H](C)O1. The number of ether oxygens (including phenoxy) is 3. The van der Waals surface area contributed by atoms with Crippen molar-refractivity contribution < 1.29 is 23.9 Å². The highest BCUT2D eigenvalue weighted by Crippen LogP contribution is 2.31. The van der Waals surface area contributed by atoms with Crippen molar-refractivity contribution in [2.45, 2.75) is 26.1 Å². The van der Waals surface area contributed by atoms with Crippen molar-refractivity contribution in [3.63, 3.8) is 0 Å². The second-order valence-corrected chi connectivity index (χ2v) is 6.07. The number of nitro benzene ring substituents is 1. The van der Waals surface area contributed by atoms with Crippen molar-refractivity contribution in [2.24, 2.45) is 0 Å². The molecular weight excluding hydrogens is 342 g/mol. The van der Waals surface area contributed by atoms with Gasteiger partial charge in [-0.2, -0.15) is 0 Å². The van der Waals surface area contributed by atoms with Crippen LogP contribution in [0.1, 0.15) is 13.8 Å². The van der Waals surface area contributed by atoms with E-state index in [0.717, 1.165) is 0 Å². The quantitative estimate of drug-likeness (QED) is 0.468. The maximum Gasteiger partial charge on any atom is 0.412 e. The lowest BCUT2D eigenvalue weighted by Crippen LogP contribution is -2.48. The highest BCUT2D eigenvalue weighted by atomic mass is 16.7. The van der Waals surface area contributed by atoms with Gasteiger partial charge >= 0.3 is 6.09 Å². The minimum absolute atomic E-state index is 0.0602. The fraction of sp³-hybridized carbons (Fsp3) is 0.412. The lowest BCUT2D eigenvalue weighted by molar-refractivity contribution is -0.383. The number of amides is 1. The first-order valence-corrected chi connectivity index (χ1v) is 8.17. The Balaban J connectivity index is 1.66. The molecule has 1 aromatic carbocycles. The first-order chi connectivity index (χ1) is 12.5. The van der Waals surface area contributed by atoms with E-state index in [1.165, 1.54) is 18.3 Å². The molecule has 2 aromatic rings. The average Bonchev–Trinajstić information content (AvgIpc) is 2.60. The molecule has 2 atom stereocenters. The molecule has 9 nitrogen and oxygen atoms in total. The van der Waals surface area contributed by atoms with Gasteiger partial charge in [-0.15, -0.1) is 0 Å². The summed E-state index contributed by atoms with van der Waals surface area (Å²) >= 11 is 0. The van der Waals surface area contributed by atoms with E-state index in [4.69, 9.17) is 14.2 Å². The highest BCUT2D eigenvalue weighted by Gasteiger charge is 2.27. The normalized spacial score (nSPS) is 20.0. The number of fused-ring (bicyclic) bond motifs is 1. The predicted molar refractivity (Wildman–Crippen MR) is 92.0 cm³/mol. The monoisotopic (exact) mass is 361 g/mol. The van der Waals surface area contributed by atoms with Crippen LogP contribution in [0.2, 0.25) is 0 Å². The number of carbonyl (C=O) groups excluding carboxylic acids is 1. The summed E-state index contributed by atoms with van der Waals surface area (Å²) < 4.78 is 16.2. The second kappa shape index (κ2) is 7.52. The Morgan fingerprint density at radius 2 is 2.08 bits per heavy atom. The Morgan fingerprint density at radius 1 is 1.35 bits per heavy atom. The van der Waals surface area contributed by atoms with Crippen molar-refractivity contribution in [3.05, 3.63) is 40.6 Å². The molecule has 0 bridgehead atoms. The Bertz CT molecular complexity index is 817. The number of morpholine rings is 1. The molecule has 0 aliphatic carbocycles. The predicted octanol–water partition coefficient (Wildman–Crippen LogP) is 2.73. The lowest BCUT2D eigenvalue weighted by atomic mass is 10.1. The number of carbonyl (C=O) groups is 1. The van der Waals surface area contributed by atoms with Crippen LogP contribution in [-0.4, -0.2) is 53.0 Å². The number of pyridine rings is 1. The van der Waals surface area contributed by atoms with Gasteiger partial charge in [-0.3, -0.25) is 15.1 Å². The van der Waals surface area contributed by atoms with Crippen LogP contribution >= 0.6 is 0 Å². The third-order valence-electron chi connectivity index (χ3n) is 3.98. The molecule has 2 heterocycles. The molecule has 0 N–H and O–H groups in total. The molecule has 1 aliphatic rings. The number of nitrogens with zero attached hydrogens (tertiary/aromatic N) is 3. The Hall–Kier alpha value is -2.94. The smallest absolute Gasteiger partial charge is 0.412 e. The molecule has 138 valence electrons. The summed E-state index contributed by atoms with van der Waals surface area (Å²) in [5, 5.41) is 11.5. The molecule has 1 aromatic heterocycles. The van der Waals surface area contributed by atoms with Crippen LogP contribution in [0, 0.1) is 10.1 Å². The zero-order valence-electron chi connectivity index (χ0n) is 14.5. The standard InChI is InChI=1S/C17H19N3O6/c1-11-8-19(9-12(2)26-11)17(21)25-10-24-15-6-5-14(20(22)23)13-4-3-7-18-16(13)15/h3-7,11-12H,8-10H2,1-2H3/t11-,12-/m1/s1. The largest absolute Gasteiger partial charge is 0.455 e. The molecule has 0 radical (unpaired) electrons. The van der Waals surface area contributed by atoms with E-state index >= 15 is 0 Å². The summed E-state index contributed by atoms with van der Waals surface area (Å²) in [4.78, 5) is 28.5. The maximum atomic E-state index is 12.1. The molecule has 0 saturated carbocycles. The summed E-state index contributed by atoms with van der Waals surface area (Å²) in [5.41, 5.74) is 0.278. The van der Waals surface area contributed by atoms with Crippen LogP contribution in [0.25, 0.3) is 10.9 Å². The zero-order valence-corrected chi connectivity index (χ0v) is 14.5. The third-order valence-corrected chi connectivity index (χ3v) is 3.98. The molecule has 0 unspecified atom stereocenters. The average molecular weight is 361 g/mol. The highest BCUT2D eigenvalue weighted by molar-refractivity contribution is 5.92. The van der Waals surface area contributed by atoms with Gasteiger partial charge in [0.2, 0.25) is 6.79 Å². The summed E-state index contributed by atoms with van der Waals surface area (Å²) in [6.07, 6.45) is 0.901. The fourth-order valence-electron chi connectivity index (χ4n) is 2.97. The Labute approximate surface area is 149 Å². The number of rotatable bonds is 4. The van der Waals surface area contributed by atoms with Gasteiger partial charge in [-0.1, -0.05) is 0 Å². The Kier molecular flexibility index (Phi) is 5.17. The van der Waals surface area contributed by atoms with E-state index in [2.05, 4.69) is 4.98 Å². The minimum atomic E-state index is -0.494. The molecular formula is C17H19N3O6. The molecule has 0 spiro atoms. The first-order valence-electron chi connectivity index (χ1n) is 8.17. The number of aromatic nitrogens is 1. The van der Waals surface area contributed by atoms with Crippen molar-refractivity contribution in [3.8, 4) is 5.75 Å². The molecule has 1 amide bonds. The summed E-state index contributed by atoms with van der Waals surface area (Å²) in [6.45, 7) is 4.36. The van der Waals surface area contributed by atoms with Crippen LogP contribution in [-0.2, 0) is 9.47 Å². The Morgan fingerprint density at radius 3 is 2.77 bits per heavy atom. The van der Waals surface area contributed by atoms with Gasteiger partial charge in [-0.05, 0) is 32.0 Å². The topological polar surface area (TPSA) is 104 Å². The molecule has 26 heavy (non-hydrogen) atoms. The van der Waals surface area contributed by atoms with Gasteiger partial charge in [-0.25, -0.2) is 4.79 Å². The number of hydrogen-bond donors (Lipinski definition) is 0. The van der Waals surface area contributed by atoms with Crippen molar-refractivity contribution in [1.29, 1.82) is 0 Å². The van der Waals surface area contributed by atoms with Gasteiger partial charge < -0.3 is 19.1 Å². The van der Waals surface area contributed by atoms with Gasteiger partial charge in [0.25, 0.3) is 5.69 Å². The fourth-order valence-corrected chi connectivity index (χ4v) is 2.97. The zero-order chi connectivity index (χ0) is 18.7. The van der Waals surface area contributed by atoms with Crippen LogP contribution in [0.3, 0.4) is 0 Å². The summed E-state index contributed by atoms with van der Waals surface area (Å²) in [5.74, 6) is 0.308. The van der Waals surface area contributed by atoms with Crippen LogP contribution < -0.4 is 4.74 Å². The summed E-state index contributed by atoms with van der Waals surface area (Å²) in [7, 11) is 0. The van der Waals surface area contributed by atoms with Gasteiger partial charge in [0.1, 0.15) is 11.3 Å². The maximum absolute atomic E-state index is 12.1. The van der Waals surface area contributed by atoms with E-state index in [-0.39, 0.29) is 24.7 Å². The molecule has 9 heteroatoms. The minimum Gasteiger partial charge on any atom is -0.455 e. The van der Waals surface area contributed by atoms with E-state index in [1.54, 1.807) is 17.0 Å². The van der Waals surface area contributed by atoms with E-state index in [9.17, 15) is 14.9 Å². The number of nitro groups is 1. The number of hydrogen-bond acceptors (Lipinski definition) is 7. The van der Waals surface area contributed by atoms with E-state index < -0.39 is 11.0 Å². The van der Waals surface area contributed by atoms with Gasteiger partial charge in [0.15, 0.2) is 0 Å².